The second-order valence-electron chi connectivity index (χ2n) is 4.73. The maximum absolute atomic E-state index is 11.7. The molecule has 2 aromatic carbocycles. The van der Waals surface area contributed by atoms with Crippen molar-refractivity contribution in [3.8, 4) is 0 Å². The van der Waals surface area contributed by atoms with Crippen LogP contribution in [0.1, 0.15) is 11.6 Å². The Morgan fingerprint density at radius 3 is 2.61 bits per heavy atom. The van der Waals surface area contributed by atoms with Gasteiger partial charge in [0.25, 0.3) is 0 Å². The van der Waals surface area contributed by atoms with Gasteiger partial charge < -0.3 is 5.32 Å². The van der Waals surface area contributed by atoms with Crippen molar-refractivity contribution in [1.82, 2.24) is 5.32 Å². The number of rotatable bonds is 1. The lowest BCUT2D eigenvalue weighted by molar-refractivity contribution is 0.531. The zero-order valence-corrected chi connectivity index (χ0v) is 10.8. The summed E-state index contributed by atoms with van der Waals surface area (Å²) < 4.78 is 23.3. The molecular weight excluding hydrogens is 246 g/mol. The molecule has 1 aliphatic rings. The normalized spacial score (nSPS) is 23.0. The fourth-order valence-electron chi connectivity index (χ4n) is 2.42. The van der Waals surface area contributed by atoms with Crippen LogP contribution in [0.15, 0.2) is 42.5 Å². The van der Waals surface area contributed by atoms with E-state index in [1.165, 1.54) is 5.39 Å². The van der Waals surface area contributed by atoms with Crippen LogP contribution in [0, 0.1) is 0 Å². The molecule has 94 valence electrons. The van der Waals surface area contributed by atoms with Gasteiger partial charge in [0.2, 0.25) is 0 Å². The summed E-state index contributed by atoms with van der Waals surface area (Å²) in [6.45, 7) is 0.541. The predicted molar refractivity (Wildman–Crippen MR) is 73.3 cm³/mol. The smallest absolute Gasteiger partial charge is 0.153 e. The van der Waals surface area contributed by atoms with Gasteiger partial charge in [-0.25, -0.2) is 8.42 Å². The number of sulfone groups is 1. The monoisotopic (exact) mass is 261 g/mol. The van der Waals surface area contributed by atoms with E-state index >= 15 is 0 Å². The minimum absolute atomic E-state index is 0.0756. The highest BCUT2D eigenvalue weighted by Crippen LogP contribution is 2.23. The average Bonchev–Trinajstić information content (AvgIpc) is 2.37. The molecule has 1 fully saturated rings. The number of hydrogen-bond acceptors (Lipinski definition) is 3. The van der Waals surface area contributed by atoms with Gasteiger partial charge in [0, 0.05) is 12.6 Å². The first-order chi connectivity index (χ1) is 8.64. The SMILES string of the molecule is O=S1(=O)CCNC(c2ccc3ccccc3c2)C1. The van der Waals surface area contributed by atoms with E-state index in [2.05, 4.69) is 23.5 Å². The maximum Gasteiger partial charge on any atom is 0.153 e. The fraction of sp³-hybridized carbons (Fsp3) is 0.286. The molecule has 0 amide bonds. The van der Waals surface area contributed by atoms with E-state index in [0.717, 1.165) is 10.9 Å². The van der Waals surface area contributed by atoms with Crippen molar-refractivity contribution >= 4 is 20.6 Å². The van der Waals surface area contributed by atoms with Crippen molar-refractivity contribution in [2.75, 3.05) is 18.1 Å². The Hall–Kier alpha value is -1.39. The van der Waals surface area contributed by atoms with Crippen LogP contribution >= 0.6 is 0 Å². The zero-order chi connectivity index (χ0) is 12.6. The van der Waals surface area contributed by atoms with Crippen LogP contribution in [-0.2, 0) is 9.84 Å². The summed E-state index contributed by atoms with van der Waals surface area (Å²) in [4.78, 5) is 0. The molecule has 2 aromatic rings. The van der Waals surface area contributed by atoms with Gasteiger partial charge in [-0.2, -0.15) is 0 Å². The number of hydrogen-bond donors (Lipinski definition) is 1. The molecule has 0 aliphatic carbocycles. The number of nitrogens with one attached hydrogen (secondary N) is 1. The van der Waals surface area contributed by atoms with E-state index in [4.69, 9.17) is 0 Å². The topological polar surface area (TPSA) is 46.2 Å². The van der Waals surface area contributed by atoms with Crippen LogP contribution in [-0.4, -0.2) is 26.5 Å². The Morgan fingerprint density at radius 1 is 1.06 bits per heavy atom. The second-order valence-corrected chi connectivity index (χ2v) is 6.96. The number of fused-ring (bicyclic) bond motifs is 1. The predicted octanol–water partition coefficient (Wildman–Crippen LogP) is 1.90. The maximum atomic E-state index is 11.7. The third kappa shape index (κ3) is 2.26. The minimum Gasteiger partial charge on any atom is -0.308 e. The molecule has 1 heterocycles. The highest BCUT2D eigenvalue weighted by Gasteiger charge is 2.25. The quantitative estimate of drug-likeness (QED) is 0.853. The van der Waals surface area contributed by atoms with Crippen LogP contribution in [0.4, 0.5) is 0 Å². The Labute approximate surface area is 107 Å². The molecular formula is C14H15NO2S. The van der Waals surface area contributed by atoms with Gasteiger partial charge in [-0.3, -0.25) is 0 Å². The standard InChI is InChI=1S/C14H15NO2S/c16-18(17)8-7-15-14(10-18)13-6-5-11-3-1-2-4-12(11)9-13/h1-6,9,14-15H,7-8,10H2. The van der Waals surface area contributed by atoms with Crippen molar-refractivity contribution in [3.05, 3.63) is 48.0 Å². The van der Waals surface area contributed by atoms with Gasteiger partial charge in [-0.1, -0.05) is 36.4 Å². The molecule has 1 N–H and O–H groups in total. The molecule has 1 unspecified atom stereocenters. The highest BCUT2D eigenvalue weighted by atomic mass is 32.2. The molecule has 1 aliphatic heterocycles. The average molecular weight is 261 g/mol. The molecule has 0 spiro atoms. The van der Waals surface area contributed by atoms with Gasteiger partial charge in [-0.15, -0.1) is 0 Å². The molecule has 0 bridgehead atoms. The molecule has 4 heteroatoms. The van der Waals surface area contributed by atoms with Crippen LogP contribution in [0.5, 0.6) is 0 Å². The fourth-order valence-corrected chi connectivity index (χ4v) is 3.84. The summed E-state index contributed by atoms with van der Waals surface area (Å²) in [5.41, 5.74) is 1.05. The Bertz CT molecular complexity index is 679. The van der Waals surface area contributed by atoms with Gasteiger partial charge >= 0.3 is 0 Å². The first-order valence-electron chi connectivity index (χ1n) is 6.07. The summed E-state index contributed by atoms with van der Waals surface area (Å²) in [6.07, 6.45) is 0. The molecule has 3 nitrogen and oxygen atoms in total. The van der Waals surface area contributed by atoms with Crippen molar-refractivity contribution in [3.63, 3.8) is 0 Å². The van der Waals surface area contributed by atoms with Gasteiger partial charge in [0.15, 0.2) is 9.84 Å². The summed E-state index contributed by atoms with van der Waals surface area (Å²) in [6, 6.07) is 14.2. The van der Waals surface area contributed by atoms with Crippen molar-refractivity contribution in [1.29, 1.82) is 0 Å². The van der Waals surface area contributed by atoms with Crippen molar-refractivity contribution in [2.24, 2.45) is 0 Å². The van der Waals surface area contributed by atoms with E-state index in [9.17, 15) is 8.42 Å². The Balaban J connectivity index is 1.99. The van der Waals surface area contributed by atoms with E-state index in [1.807, 2.05) is 24.3 Å². The molecule has 0 radical (unpaired) electrons. The molecule has 1 atom stereocenters. The summed E-state index contributed by atoms with van der Waals surface area (Å²) >= 11 is 0. The van der Waals surface area contributed by atoms with Gasteiger partial charge in [0.1, 0.15) is 0 Å². The van der Waals surface area contributed by atoms with Crippen molar-refractivity contribution < 1.29 is 8.42 Å². The van der Waals surface area contributed by atoms with Gasteiger partial charge in [-0.05, 0) is 22.4 Å². The van der Waals surface area contributed by atoms with E-state index in [-0.39, 0.29) is 17.5 Å². The highest BCUT2D eigenvalue weighted by molar-refractivity contribution is 7.91. The molecule has 3 rings (SSSR count). The Kier molecular flexibility index (Phi) is 2.84. The summed E-state index contributed by atoms with van der Waals surface area (Å²) in [5.74, 6) is 0.447. The Morgan fingerprint density at radius 2 is 1.83 bits per heavy atom. The minimum atomic E-state index is -2.90. The third-order valence-electron chi connectivity index (χ3n) is 3.40. The number of benzene rings is 2. The van der Waals surface area contributed by atoms with Crippen LogP contribution in [0.2, 0.25) is 0 Å². The second kappa shape index (κ2) is 4.37. The van der Waals surface area contributed by atoms with Crippen molar-refractivity contribution in [2.45, 2.75) is 6.04 Å². The first kappa shape index (κ1) is 11.7. The molecule has 0 saturated carbocycles. The van der Waals surface area contributed by atoms with E-state index in [0.29, 0.717) is 6.54 Å². The summed E-state index contributed by atoms with van der Waals surface area (Å²) in [5, 5.41) is 5.61. The third-order valence-corrected chi connectivity index (χ3v) is 5.07. The lowest BCUT2D eigenvalue weighted by Crippen LogP contribution is -2.39. The zero-order valence-electron chi connectivity index (χ0n) is 9.96. The molecule has 0 aromatic heterocycles. The van der Waals surface area contributed by atoms with Crippen LogP contribution in [0.3, 0.4) is 0 Å². The largest absolute Gasteiger partial charge is 0.308 e. The first-order valence-corrected chi connectivity index (χ1v) is 7.89. The lowest BCUT2D eigenvalue weighted by Gasteiger charge is -2.24. The van der Waals surface area contributed by atoms with Crippen LogP contribution < -0.4 is 5.32 Å². The van der Waals surface area contributed by atoms with E-state index < -0.39 is 9.84 Å². The lowest BCUT2D eigenvalue weighted by atomic mass is 10.0. The van der Waals surface area contributed by atoms with E-state index in [1.54, 1.807) is 0 Å². The van der Waals surface area contributed by atoms with Crippen LogP contribution in [0.25, 0.3) is 10.8 Å². The molecule has 1 saturated heterocycles. The molecule has 18 heavy (non-hydrogen) atoms. The van der Waals surface area contributed by atoms with Gasteiger partial charge in [0.05, 0.1) is 11.5 Å². The summed E-state index contributed by atoms with van der Waals surface area (Å²) in [7, 11) is -2.90.